The van der Waals surface area contributed by atoms with Crippen molar-refractivity contribution in [3.63, 3.8) is 0 Å². The summed E-state index contributed by atoms with van der Waals surface area (Å²) in [6, 6.07) is 16.8. The predicted octanol–water partition coefficient (Wildman–Crippen LogP) is 3.99. The van der Waals surface area contributed by atoms with E-state index in [-0.39, 0.29) is 18.6 Å². The van der Waals surface area contributed by atoms with E-state index in [2.05, 4.69) is 18.3 Å². The van der Waals surface area contributed by atoms with Crippen molar-refractivity contribution in [1.29, 1.82) is 5.26 Å². The lowest BCUT2D eigenvalue weighted by atomic mass is 10.0. The van der Waals surface area contributed by atoms with Crippen molar-refractivity contribution in [3.8, 4) is 17.6 Å². The van der Waals surface area contributed by atoms with Crippen LogP contribution in [0.25, 0.3) is 0 Å². The highest BCUT2D eigenvalue weighted by atomic mass is 16.5. The van der Waals surface area contributed by atoms with Crippen LogP contribution in [-0.2, 0) is 4.79 Å². The highest BCUT2D eigenvalue weighted by Crippen LogP contribution is 2.28. The van der Waals surface area contributed by atoms with Crippen LogP contribution in [-0.4, -0.2) is 19.1 Å². The van der Waals surface area contributed by atoms with Crippen LogP contribution in [0.4, 0.5) is 0 Å². The number of nitrogens with one attached hydrogen (secondary N) is 1. The lowest BCUT2D eigenvalue weighted by molar-refractivity contribution is -0.123. The van der Waals surface area contributed by atoms with Crippen molar-refractivity contribution in [2.24, 2.45) is 0 Å². The van der Waals surface area contributed by atoms with Gasteiger partial charge in [-0.3, -0.25) is 4.79 Å². The molecular weight excluding hydrogens is 328 g/mol. The highest BCUT2D eigenvalue weighted by molar-refractivity contribution is 5.78. The Morgan fingerprint density at radius 2 is 1.88 bits per heavy atom. The molecule has 0 bridgehead atoms. The summed E-state index contributed by atoms with van der Waals surface area (Å²) in [5, 5.41) is 12.0. The predicted molar refractivity (Wildman–Crippen MR) is 100 cm³/mol. The molecule has 0 heterocycles. The second-order valence-electron chi connectivity index (χ2n) is 5.81. The number of ether oxygens (including phenoxy) is 2. The summed E-state index contributed by atoms with van der Waals surface area (Å²) in [6.07, 6.45) is 1.82. The molecular formula is C21H24N2O3. The fraction of sp³-hybridized carbons (Fsp3) is 0.333. The number of hydrogen-bond acceptors (Lipinski definition) is 4. The minimum atomic E-state index is -0.195. The van der Waals surface area contributed by atoms with Gasteiger partial charge in [0.15, 0.2) is 18.1 Å². The molecule has 26 heavy (non-hydrogen) atoms. The number of nitriles is 1. The zero-order valence-electron chi connectivity index (χ0n) is 15.2. The largest absolute Gasteiger partial charge is 0.490 e. The van der Waals surface area contributed by atoms with Gasteiger partial charge in [0.2, 0.25) is 0 Å². The number of benzene rings is 2. The van der Waals surface area contributed by atoms with E-state index >= 15 is 0 Å². The molecule has 2 aromatic carbocycles. The Morgan fingerprint density at radius 3 is 2.54 bits per heavy atom. The van der Waals surface area contributed by atoms with E-state index in [0.717, 1.165) is 18.4 Å². The monoisotopic (exact) mass is 352 g/mol. The topological polar surface area (TPSA) is 71.3 Å². The van der Waals surface area contributed by atoms with Gasteiger partial charge in [-0.1, -0.05) is 43.7 Å². The summed E-state index contributed by atoms with van der Waals surface area (Å²) < 4.78 is 11.1. The molecule has 0 fully saturated rings. The first-order valence-corrected chi connectivity index (χ1v) is 8.82. The van der Waals surface area contributed by atoms with Crippen LogP contribution < -0.4 is 14.8 Å². The van der Waals surface area contributed by atoms with Gasteiger partial charge in [0.25, 0.3) is 5.91 Å². The maximum absolute atomic E-state index is 12.3. The summed E-state index contributed by atoms with van der Waals surface area (Å²) in [7, 11) is 0. The smallest absolute Gasteiger partial charge is 0.258 e. The Kier molecular flexibility index (Phi) is 7.50. The molecule has 0 aliphatic heterocycles. The van der Waals surface area contributed by atoms with Crippen molar-refractivity contribution in [3.05, 3.63) is 59.7 Å². The van der Waals surface area contributed by atoms with E-state index in [1.165, 1.54) is 0 Å². The fourth-order valence-corrected chi connectivity index (χ4v) is 2.64. The van der Waals surface area contributed by atoms with Crippen LogP contribution >= 0.6 is 0 Å². The van der Waals surface area contributed by atoms with Gasteiger partial charge in [0.05, 0.1) is 24.3 Å². The first-order chi connectivity index (χ1) is 12.7. The van der Waals surface area contributed by atoms with E-state index in [9.17, 15) is 4.79 Å². The number of carbonyl (C=O) groups is 1. The fourth-order valence-electron chi connectivity index (χ4n) is 2.64. The van der Waals surface area contributed by atoms with Gasteiger partial charge in [0.1, 0.15) is 0 Å². The molecule has 1 atom stereocenters. The van der Waals surface area contributed by atoms with E-state index < -0.39 is 0 Å². The summed E-state index contributed by atoms with van der Waals surface area (Å²) in [5.41, 5.74) is 1.56. The number of amides is 1. The average Bonchev–Trinajstić information content (AvgIpc) is 2.67. The Balaban J connectivity index is 2.00. The van der Waals surface area contributed by atoms with Crippen molar-refractivity contribution in [2.75, 3.05) is 13.2 Å². The number of nitrogens with zero attached hydrogens (tertiary/aromatic N) is 1. The molecule has 0 radical (unpaired) electrons. The van der Waals surface area contributed by atoms with Gasteiger partial charge in [0, 0.05) is 6.07 Å². The molecule has 2 rings (SSSR count). The minimum Gasteiger partial charge on any atom is -0.490 e. The Hall–Kier alpha value is -3.00. The molecule has 0 aromatic heterocycles. The zero-order valence-corrected chi connectivity index (χ0v) is 15.2. The summed E-state index contributed by atoms with van der Waals surface area (Å²) in [5.74, 6) is 0.722. The van der Waals surface area contributed by atoms with E-state index in [4.69, 9.17) is 14.7 Å². The molecule has 1 amide bonds. The lowest BCUT2D eigenvalue weighted by Crippen LogP contribution is -2.32. The molecule has 1 unspecified atom stereocenters. The third-order valence-electron chi connectivity index (χ3n) is 3.85. The van der Waals surface area contributed by atoms with E-state index in [0.29, 0.717) is 23.7 Å². The first kappa shape index (κ1) is 19.3. The molecule has 1 N–H and O–H groups in total. The average molecular weight is 352 g/mol. The van der Waals surface area contributed by atoms with Crippen LogP contribution in [0.5, 0.6) is 11.5 Å². The van der Waals surface area contributed by atoms with Gasteiger partial charge in [-0.2, -0.15) is 5.26 Å². The molecule has 5 nitrogen and oxygen atoms in total. The van der Waals surface area contributed by atoms with Crippen LogP contribution in [0.3, 0.4) is 0 Å². The molecule has 0 aliphatic carbocycles. The second-order valence-corrected chi connectivity index (χ2v) is 5.81. The van der Waals surface area contributed by atoms with Gasteiger partial charge < -0.3 is 14.8 Å². The van der Waals surface area contributed by atoms with Crippen LogP contribution in [0.15, 0.2) is 48.5 Å². The van der Waals surface area contributed by atoms with Crippen LogP contribution in [0.1, 0.15) is 43.9 Å². The van der Waals surface area contributed by atoms with Gasteiger partial charge in [-0.05, 0) is 31.0 Å². The second kappa shape index (κ2) is 10.1. The summed E-state index contributed by atoms with van der Waals surface area (Å²) in [4.78, 5) is 12.3. The van der Waals surface area contributed by atoms with Crippen molar-refractivity contribution in [1.82, 2.24) is 5.32 Å². The lowest BCUT2D eigenvalue weighted by Gasteiger charge is -2.19. The maximum atomic E-state index is 12.3. The molecule has 5 heteroatoms. The Bertz CT molecular complexity index is 754. The van der Waals surface area contributed by atoms with E-state index in [1.807, 2.05) is 37.3 Å². The molecule has 0 spiro atoms. The van der Waals surface area contributed by atoms with Crippen molar-refractivity contribution < 1.29 is 14.3 Å². The van der Waals surface area contributed by atoms with Crippen molar-refractivity contribution >= 4 is 5.91 Å². The zero-order chi connectivity index (χ0) is 18.8. The normalized spacial score (nSPS) is 11.3. The third-order valence-corrected chi connectivity index (χ3v) is 3.85. The van der Waals surface area contributed by atoms with Gasteiger partial charge >= 0.3 is 0 Å². The minimum absolute atomic E-state index is 0.0374. The van der Waals surface area contributed by atoms with Crippen LogP contribution in [0.2, 0.25) is 0 Å². The number of hydrogen-bond donors (Lipinski definition) is 1. The quantitative estimate of drug-likeness (QED) is 0.740. The molecule has 0 saturated heterocycles. The number of carbonyl (C=O) groups excluding carboxylic acids is 1. The molecule has 2 aromatic rings. The Morgan fingerprint density at radius 1 is 1.12 bits per heavy atom. The van der Waals surface area contributed by atoms with Crippen LogP contribution in [0, 0.1) is 11.3 Å². The van der Waals surface area contributed by atoms with Gasteiger partial charge in [-0.15, -0.1) is 0 Å². The molecule has 0 aliphatic rings. The maximum Gasteiger partial charge on any atom is 0.258 e. The van der Waals surface area contributed by atoms with Gasteiger partial charge in [-0.25, -0.2) is 0 Å². The highest BCUT2D eigenvalue weighted by Gasteiger charge is 2.15. The summed E-state index contributed by atoms with van der Waals surface area (Å²) >= 11 is 0. The molecule has 0 saturated carbocycles. The number of rotatable bonds is 9. The Labute approximate surface area is 154 Å². The van der Waals surface area contributed by atoms with Crippen molar-refractivity contribution in [2.45, 2.75) is 32.7 Å². The SMILES string of the molecule is CCCC(NC(=O)COc1ccc(C#N)cc1OCC)c1ccccc1. The first-order valence-electron chi connectivity index (χ1n) is 8.82. The third kappa shape index (κ3) is 5.52. The molecule has 136 valence electrons. The standard InChI is InChI=1S/C21H24N2O3/c1-3-8-18(17-9-6-5-7-10-17)23-21(24)15-26-19-12-11-16(14-22)13-20(19)25-4-2/h5-7,9-13,18H,3-4,8,15H2,1-2H3,(H,23,24). The van der Waals surface area contributed by atoms with E-state index in [1.54, 1.807) is 18.2 Å². The summed E-state index contributed by atoms with van der Waals surface area (Å²) in [6.45, 7) is 4.28.